The van der Waals surface area contributed by atoms with Crippen molar-refractivity contribution >= 4 is 40.0 Å². The van der Waals surface area contributed by atoms with E-state index in [9.17, 15) is 10.1 Å². The molecule has 0 radical (unpaired) electrons. The normalized spacial score (nSPS) is 17.1. The highest BCUT2D eigenvalue weighted by Gasteiger charge is 2.32. The maximum Gasteiger partial charge on any atom is 0.269 e. The fourth-order valence-corrected chi connectivity index (χ4v) is 4.63. The van der Waals surface area contributed by atoms with E-state index in [4.69, 9.17) is 17.0 Å². The van der Waals surface area contributed by atoms with Crippen molar-refractivity contribution in [1.82, 2.24) is 5.32 Å². The number of anilines is 1. The van der Waals surface area contributed by atoms with Gasteiger partial charge in [0.2, 0.25) is 0 Å². The molecule has 1 fully saturated rings. The van der Waals surface area contributed by atoms with E-state index in [1.165, 1.54) is 21.9 Å². The average Bonchev–Trinajstić information content (AvgIpc) is 3.17. The van der Waals surface area contributed by atoms with Gasteiger partial charge < -0.3 is 20.3 Å². The number of rotatable bonds is 6. The van der Waals surface area contributed by atoms with Gasteiger partial charge in [0.15, 0.2) is 5.11 Å². The molecule has 9 heteroatoms. The predicted molar refractivity (Wildman–Crippen MR) is 110 cm³/mol. The number of nitrogens with zero attached hydrogens (tertiary/aromatic N) is 1. The van der Waals surface area contributed by atoms with Crippen LogP contribution in [0.25, 0.3) is 0 Å². The Morgan fingerprint density at radius 2 is 2.00 bits per heavy atom. The molecule has 0 spiro atoms. The maximum absolute atomic E-state index is 10.8. The lowest BCUT2D eigenvalue weighted by molar-refractivity contribution is -0.939. The van der Waals surface area contributed by atoms with Crippen molar-refractivity contribution in [3.05, 3.63) is 56.8 Å². The number of hydrogen-bond acceptors (Lipinski definition) is 5. The second-order valence-corrected chi connectivity index (χ2v) is 7.84. The highest BCUT2D eigenvalue weighted by atomic mass is 32.1. The zero-order valence-corrected chi connectivity index (χ0v) is 16.6. The Hall–Kier alpha value is -2.07. The fraction of sp³-hybridized carbons (Fsp3) is 0.389. The number of hydrogen-bond donors (Lipinski definition) is 3. The Labute approximate surface area is 167 Å². The van der Waals surface area contributed by atoms with E-state index in [0.29, 0.717) is 5.11 Å². The number of non-ortho nitro benzene ring substituents is 1. The fourth-order valence-electron chi connectivity index (χ4n) is 3.34. The molecule has 0 saturated carbocycles. The van der Waals surface area contributed by atoms with Crippen molar-refractivity contribution in [2.24, 2.45) is 0 Å². The predicted octanol–water partition coefficient (Wildman–Crippen LogP) is 1.99. The Morgan fingerprint density at radius 3 is 2.59 bits per heavy atom. The summed E-state index contributed by atoms with van der Waals surface area (Å²) in [6.45, 7) is 5.62. The van der Waals surface area contributed by atoms with Crippen LogP contribution in [0.1, 0.15) is 17.8 Å². The lowest BCUT2D eigenvalue weighted by atomic mass is 10.1. The van der Waals surface area contributed by atoms with Crippen molar-refractivity contribution in [3.8, 4) is 0 Å². The molecule has 1 saturated heterocycles. The smallest absolute Gasteiger partial charge is 0.269 e. The van der Waals surface area contributed by atoms with Gasteiger partial charge in [0.1, 0.15) is 19.1 Å². The third-order valence-electron chi connectivity index (χ3n) is 4.62. The highest BCUT2D eigenvalue weighted by molar-refractivity contribution is 7.80. The van der Waals surface area contributed by atoms with Crippen LogP contribution in [0, 0.1) is 10.1 Å². The minimum absolute atomic E-state index is 0.0569. The summed E-state index contributed by atoms with van der Waals surface area (Å²) in [5.41, 5.74) is 0.776. The summed E-state index contributed by atoms with van der Waals surface area (Å²) in [7, 11) is 0. The number of benzene rings is 1. The maximum atomic E-state index is 10.8. The van der Waals surface area contributed by atoms with E-state index in [-0.39, 0.29) is 17.8 Å². The van der Waals surface area contributed by atoms with Gasteiger partial charge >= 0.3 is 0 Å². The van der Waals surface area contributed by atoms with Crippen LogP contribution in [-0.4, -0.2) is 42.4 Å². The molecule has 2 aromatic rings. The minimum atomic E-state index is -0.418. The number of thiocarbonyl (C=S) groups is 1. The second-order valence-electron chi connectivity index (χ2n) is 6.45. The Kier molecular flexibility index (Phi) is 6.73. The van der Waals surface area contributed by atoms with Gasteiger partial charge in [-0.2, -0.15) is 0 Å². The summed E-state index contributed by atoms with van der Waals surface area (Å²) in [5.74, 6) is 0. The average molecular weight is 408 g/mol. The SMILES string of the molecule is C[C@@H](NC(=S)Nc1ccc([N+](=O)[O-])cc1)[C@@H](c1cccs1)[NH+]1CCOCC1. The number of morpholine rings is 1. The lowest BCUT2D eigenvalue weighted by Crippen LogP contribution is -3.15. The van der Waals surface area contributed by atoms with E-state index in [2.05, 4.69) is 35.1 Å². The topological polar surface area (TPSA) is 80.9 Å². The zero-order chi connectivity index (χ0) is 19.2. The van der Waals surface area contributed by atoms with E-state index < -0.39 is 4.92 Å². The molecule has 7 nitrogen and oxygen atoms in total. The summed E-state index contributed by atoms with van der Waals surface area (Å²) < 4.78 is 5.51. The van der Waals surface area contributed by atoms with Gasteiger partial charge in [-0.25, -0.2) is 0 Å². The number of quaternary nitrogens is 1. The van der Waals surface area contributed by atoms with Gasteiger partial charge in [0, 0.05) is 17.8 Å². The molecular formula is C18H23N4O3S2+. The van der Waals surface area contributed by atoms with Crippen LogP contribution in [0.2, 0.25) is 0 Å². The van der Waals surface area contributed by atoms with Gasteiger partial charge in [-0.05, 0) is 42.7 Å². The Bertz CT molecular complexity index is 761. The highest BCUT2D eigenvalue weighted by Crippen LogP contribution is 2.20. The molecule has 0 amide bonds. The number of nitro groups is 1. The van der Waals surface area contributed by atoms with Gasteiger partial charge in [-0.3, -0.25) is 10.1 Å². The van der Waals surface area contributed by atoms with Crippen LogP contribution in [0.4, 0.5) is 11.4 Å². The van der Waals surface area contributed by atoms with Gasteiger partial charge in [0.05, 0.1) is 29.1 Å². The van der Waals surface area contributed by atoms with Crippen LogP contribution in [0.3, 0.4) is 0 Å². The Morgan fingerprint density at radius 1 is 1.30 bits per heavy atom. The molecule has 2 heterocycles. The third kappa shape index (κ3) is 5.23. The summed E-state index contributed by atoms with van der Waals surface area (Å²) in [4.78, 5) is 13.1. The molecule has 0 aliphatic carbocycles. The first-order valence-electron chi connectivity index (χ1n) is 8.82. The van der Waals surface area contributed by atoms with Gasteiger partial charge in [-0.15, -0.1) is 11.3 Å². The van der Waals surface area contributed by atoms with Crippen molar-refractivity contribution in [2.75, 3.05) is 31.6 Å². The van der Waals surface area contributed by atoms with E-state index >= 15 is 0 Å². The molecule has 3 rings (SSSR count). The molecule has 2 atom stereocenters. The first kappa shape index (κ1) is 19.7. The summed E-state index contributed by atoms with van der Waals surface area (Å²) in [6.07, 6.45) is 0. The monoisotopic (exact) mass is 407 g/mol. The quantitative estimate of drug-likeness (QED) is 0.386. The second kappa shape index (κ2) is 9.23. The molecule has 1 aromatic heterocycles. The molecule has 0 unspecified atom stereocenters. The summed E-state index contributed by atoms with van der Waals surface area (Å²) in [6, 6.07) is 10.9. The van der Waals surface area contributed by atoms with Gasteiger partial charge in [-0.1, -0.05) is 6.07 Å². The molecule has 1 aromatic carbocycles. The van der Waals surface area contributed by atoms with Crippen molar-refractivity contribution in [2.45, 2.75) is 19.0 Å². The van der Waals surface area contributed by atoms with Crippen LogP contribution in [0.15, 0.2) is 41.8 Å². The number of ether oxygens (including phenoxy) is 1. The molecule has 3 N–H and O–H groups in total. The van der Waals surface area contributed by atoms with Crippen LogP contribution >= 0.6 is 23.6 Å². The third-order valence-corrected chi connectivity index (χ3v) is 5.79. The van der Waals surface area contributed by atoms with Crippen LogP contribution in [-0.2, 0) is 4.74 Å². The number of nitrogens with one attached hydrogen (secondary N) is 3. The minimum Gasteiger partial charge on any atom is -0.370 e. The standard InChI is InChI=1S/C18H22N4O3S2/c1-13(17(16-3-2-12-27-16)21-8-10-25-11-9-21)19-18(26)20-14-4-6-15(7-5-14)22(23)24/h2-7,12-13,17H,8-11H2,1H3,(H2,19,20,26)/p+1/t13-,17+/m1/s1. The van der Waals surface area contributed by atoms with Crippen molar-refractivity contribution in [3.63, 3.8) is 0 Å². The van der Waals surface area contributed by atoms with E-state index in [1.54, 1.807) is 23.5 Å². The van der Waals surface area contributed by atoms with Crippen molar-refractivity contribution in [1.29, 1.82) is 0 Å². The molecule has 0 bridgehead atoms. The zero-order valence-electron chi connectivity index (χ0n) is 15.0. The largest absolute Gasteiger partial charge is 0.370 e. The van der Waals surface area contributed by atoms with E-state index in [0.717, 1.165) is 32.0 Å². The molecule has 144 valence electrons. The van der Waals surface area contributed by atoms with Crippen LogP contribution < -0.4 is 15.5 Å². The number of thiophene rings is 1. The first-order chi connectivity index (χ1) is 13.0. The van der Waals surface area contributed by atoms with E-state index in [1.807, 2.05) is 0 Å². The lowest BCUT2D eigenvalue weighted by Gasteiger charge is -2.35. The Balaban J connectivity index is 1.64. The molecule has 1 aliphatic heterocycles. The number of nitro benzene ring substituents is 1. The molecular weight excluding hydrogens is 384 g/mol. The van der Waals surface area contributed by atoms with Crippen LogP contribution in [0.5, 0.6) is 0 Å². The van der Waals surface area contributed by atoms with Crippen molar-refractivity contribution < 1.29 is 14.6 Å². The summed E-state index contributed by atoms with van der Waals surface area (Å²) in [5, 5.41) is 19.9. The molecule has 27 heavy (non-hydrogen) atoms. The summed E-state index contributed by atoms with van der Waals surface area (Å²) >= 11 is 7.22. The first-order valence-corrected chi connectivity index (χ1v) is 10.1. The molecule has 1 aliphatic rings. The van der Waals surface area contributed by atoms with Gasteiger partial charge in [0.25, 0.3) is 5.69 Å².